The lowest BCUT2D eigenvalue weighted by atomic mass is 10.2. The first-order valence-corrected chi connectivity index (χ1v) is 7.30. The molecule has 0 fully saturated rings. The molecule has 0 unspecified atom stereocenters. The number of halogens is 3. The van der Waals surface area contributed by atoms with Gasteiger partial charge >= 0.3 is 12.1 Å². The van der Waals surface area contributed by atoms with E-state index in [1.54, 1.807) is 0 Å². The Morgan fingerprint density at radius 3 is 2.19 bits per heavy atom. The Hall–Kier alpha value is -1.61. The lowest BCUT2D eigenvalue weighted by Gasteiger charge is -2.18. The molecule has 5 nitrogen and oxygen atoms in total. The molecule has 118 valence electrons. The molecule has 9 heteroatoms. The van der Waals surface area contributed by atoms with E-state index < -0.39 is 35.1 Å². The van der Waals surface area contributed by atoms with Gasteiger partial charge in [-0.3, -0.25) is 4.79 Å². The van der Waals surface area contributed by atoms with Crippen LogP contribution in [0, 0.1) is 0 Å². The SMILES string of the molecule is CN(CCC(F)(F)F)S(=O)(=O)c1ccc(CC(=O)O)cc1. The van der Waals surface area contributed by atoms with Gasteiger partial charge in [0, 0.05) is 13.6 Å². The summed E-state index contributed by atoms with van der Waals surface area (Å²) in [7, 11) is -2.96. The number of aliphatic carboxylic acids is 1. The monoisotopic (exact) mass is 325 g/mol. The molecular weight excluding hydrogens is 311 g/mol. The highest BCUT2D eigenvalue weighted by atomic mass is 32.2. The van der Waals surface area contributed by atoms with Crippen LogP contribution in [0.25, 0.3) is 0 Å². The first kappa shape index (κ1) is 17.4. The van der Waals surface area contributed by atoms with Gasteiger partial charge in [0.15, 0.2) is 0 Å². The van der Waals surface area contributed by atoms with Crippen LogP contribution in [0.3, 0.4) is 0 Å². The highest BCUT2D eigenvalue weighted by molar-refractivity contribution is 7.89. The zero-order chi connectivity index (χ0) is 16.3. The molecule has 0 aromatic heterocycles. The van der Waals surface area contributed by atoms with Gasteiger partial charge in [-0.2, -0.15) is 13.2 Å². The van der Waals surface area contributed by atoms with Gasteiger partial charge in [0.2, 0.25) is 10.0 Å². The average Bonchev–Trinajstić information content (AvgIpc) is 2.34. The van der Waals surface area contributed by atoms with E-state index in [1.807, 2.05) is 0 Å². The Bertz CT molecular complexity index is 596. The Balaban J connectivity index is 2.84. The first-order chi connectivity index (χ1) is 9.52. The molecule has 0 bridgehead atoms. The van der Waals surface area contributed by atoms with Crippen molar-refractivity contribution in [2.24, 2.45) is 0 Å². The van der Waals surface area contributed by atoms with Crippen molar-refractivity contribution in [3.05, 3.63) is 29.8 Å². The minimum absolute atomic E-state index is 0.179. The minimum atomic E-state index is -4.44. The van der Waals surface area contributed by atoms with Crippen molar-refractivity contribution in [1.82, 2.24) is 4.31 Å². The van der Waals surface area contributed by atoms with Crippen LogP contribution >= 0.6 is 0 Å². The Labute approximate surface area is 120 Å². The molecule has 0 saturated heterocycles. The smallest absolute Gasteiger partial charge is 0.390 e. The summed E-state index contributed by atoms with van der Waals surface area (Å²) in [5, 5.41) is 8.60. The number of hydrogen-bond acceptors (Lipinski definition) is 3. The number of alkyl halides is 3. The van der Waals surface area contributed by atoms with E-state index >= 15 is 0 Å². The number of carbonyl (C=O) groups is 1. The molecule has 1 aromatic carbocycles. The minimum Gasteiger partial charge on any atom is -0.481 e. The zero-order valence-corrected chi connectivity index (χ0v) is 11.9. The summed E-state index contributed by atoms with van der Waals surface area (Å²) in [5.74, 6) is -1.06. The van der Waals surface area contributed by atoms with Gasteiger partial charge in [-0.25, -0.2) is 12.7 Å². The van der Waals surface area contributed by atoms with E-state index in [9.17, 15) is 26.4 Å². The van der Waals surface area contributed by atoms with E-state index in [4.69, 9.17) is 5.11 Å². The third kappa shape index (κ3) is 5.35. The number of rotatable bonds is 6. The van der Waals surface area contributed by atoms with Crippen LogP contribution in [0.2, 0.25) is 0 Å². The summed E-state index contributed by atoms with van der Waals surface area (Å²) in [5.41, 5.74) is 0.402. The summed E-state index contributed by atoms with van der Waals surface area (Å²) < 4.78 is 61.0. The number of nitrogens with zero attached hydrogens (tertiary/aromatic N) is 1. The molecule has 1 N–H and O–H groups in total. The van der Waals surface area contributed by atoms with Gasteiger partial charge < -0.3 is 5.11 Å². The fraction of sp³-hybridized carbons (Fsp3) is 0.417. The second kappa shape index (κ2) is 6.44. The van der Waals surface area contributed by atoms with Crippen LogP contribution in [-0.2, 0) is 21.2 Å². The molecule has 0 aliphatic heterocycles. The van der Waals surface area contributed by atoms with Crippen LogP contribution in [-0.4, -0.2) is 43.6 Å². The molecule has 0 heterocycles. The van der Waals surface area contributed by atoms with E-state index in [2.05, 4.69) is 0 Å². The third-order valence-electron chi connectivity index (χ3n) is 2.70. The van der Waals surface area contributed by atoms with E-state index in [-0.39, 0.29) is 11.3 Å². The van der Waals surface area contributed by atoms with Crippen molar-refractivity contribution in [2.75, 3.05) is 13.6 Å². The van der Waals surface area contributed by atoms with Crippen molar-refractivity contribution < 1.29 is 31.5 Å². The topological polar surface area (TPSA) is 74.7 Å². The number of hydrogen-bond donors (Lipinski definition) is 1. The fourth-order valence-corrected chi connectivity index (χ4v) is 2.71. The maximum atomic E-state index is 12.1. The number of sulfonamides is 1. The molecule has 0 aliphatic rings. The predicted molar refractivity (Wildman–Crippen MR) is 68.3 cm³/mol. The number of benzene rings is 1. The normalized spacial score (nSPS) is 12.6. The van der Waals surface area contributed by atoms with Crippen molar-refractivity contribution in [3.63, 3.8) is 0 Å². The van der Waals surface area contributed by atoms with Crippen molar-refractivity contribution in [2.45, 2.75) is 23.9 Å². The van der Waals surface area contributed by atoms with E-state index in [0.717, 1.165) is 7.05 Å². The third-order valence-corrected chi connectivity index (χ3v) is 4.57. The van der Waals surface area contributed by atoms with Gasteiger partial charge in [-0.1, -0.05) is 12.1 Å². The van der Waals surface area contributed by atoms with Crippen LogP contribution in [0.1, 0.15) is 12.0 Å². The van der Waals surface area contributed by atoms with E-state index in [0.29, 0.717) is 9.87 Å². The summed E-state index contributed by atoms with van der Waals surface area (Å²) in [6.45, 7) is -0.678. The standard InChI is InChI=1S/C12H14F3NO4S/c1-16(7-6-12(13,14)15)21(19,20)10-4-2-9(3-5-10)8-11(17)18/h2-5H,6-8H2,1H3,(H,17,18). The highest BCUT2D eigenvalue weighted by Crippen LogP contribution is 2.22. The molecule has 0 saturated carbocycles. The molecule has 0 amide bonds. The summed E-state index contributed by atoms with van der Waals surface area (Å²) in [4.78, 5) is 10.3. The summed E-state index contributed by atoms with van der Waals surface area (Å²) >= 11 is 0. The molecule has 1 aromatic rings. The van der Waals surface area contributed by atoms with Crippen molar-refractivity contribution in [1.29, 1.82) is 0 Å². The van der Waals surface area contributed by atoms with Crippen LogP contribution in [0.4, 0.5) is 13.2 Å². The van der Waals surface area contributed by atoms with Crippen LogP contribution in [0.5, 0.6) is 0 Å². The predicted octanol–water partition coefficient (Wildman–Crippen LogP) is 1.89. The molecule has 0 radical (unpaired) electrons. The second-order valence-electron chi connectivity index (χ2n) is 4.41. The molecule has 1 rings (SSSR count). The van der Waals surface area contributed by atoms with Gasteiger partial charge in [-0.05, 0) is 17.7 Å². The Morgan fingerprint density at radius 2 is 1.76 bits per heavy atom. The van der Waals surface area contributed by atoms with Gasteiger partial charge in [0.1, 0.15) is 0 Å². The van der Waals surface area contributed by atoms with E-state index in [1.165, 1.54) is 24.3 Å². The largest absolute Gasteiger partial charge is 0.481 e. The molecule has 21 heavy (non-hydrogen) atoms. The van der Waals surface area contributed by atoms with Gasteiger partial charge in [-0.15, -0.1) is 0 Å². The maximum absolute atomic E-state index is 12.1. The van der Waals surface area contributed by atoms with Crippen molar-refractivity contribution >= 4 is 16.0 Å². The lowest BCUT2D eigenvalue weighted by molar-refractivity contribution is -0.136. The molecule has 0 aliphatic carbocycles. The average molecular weight is 325 g/mol. The highest BCUT2D eigenvalue weighted by Gasteiger charge is 2.30. The molecule has 0 atom stereocenters. The maximum Gasteiger partial charge on any atom is 0.390 e. The van der Waals surface area contributed by atoms with Gasteiger partial charge in [0.25, 0.3) is 0 Å². The molecular formula is C12H14F3NO4S. The Kier molecular flexibility index (Phi) is 5.35. The second-order valence-corrected chi connectivity index (χ2v) is 6.45. The lowest BCUT2D eigenvalue weighted by Crippen LogP contribution is -2.30. The zero-order valence-electron chi connectivity index (χ0n) is 11.1. The molecule has 0 spiro atoms. The fourth-order valence-electron chi connectivity index (χ4n) is 1.54. The summed E-state index contributed by atoms with van der Waals surface area (Å²) in [6, 6.07) is 4.99. The van der Waals surface area contributed by atoms with Gasteiger partial charge in [0.05, 0.1) is 17.7 Å². The number of carboxylic acid groups (broad SMARTS) is 1. The first-order valence-electron chi connectivity index (χ1n) is 5.86. The van der Waals surface area contributed by atoms with Crippen molar-refractivity contribution in [3.8, 4) is 0 Å². The summed E-state index contributed by atoms with van der Waals surface area (Å²) in [6.07, 6.45) is -5.93. The van der Waals surface area contributed by atoms with Crippen LogP contribution < -0.4 is 0 Å². The number of carboxylic acids is 1. The van der Waals surface area contributed by atoms with Crippen LogP contribution in [0.15, 0.2) is 29.2 Å². The quantitative estimate of drug-likeness (QED) is 0.867. The Morgan fingerprint density at radius 1 is 1.24 bits per heavy atom.